The van der Waals surface area contributed by atoms with E-state index < -0.39 is 30.0 Å². The van der Waals surface area contributed by atoms with Gasteiger partial charge in [-0.05, 0) is 36.2 Å². The molecule has 0 radical (unpaired) electrons. The lowest BCUT2D eigenvalue weighted by Crippen LogP contribution is -2.49. The number of carbonyl (C=O) groups excluding carboxylic acids is 2. The van der Waals surface area contributed by atoms with Gasteiger partial charge in [-0.15, -0.1) is 0 Å². The van der Waals surface area contributed by atoms with Crippen molar-refractivity contribution < 1.29 is 33.7 Å². The summed E-state index contributed by atoms with van der Waals surface area (Å²) in [5, 5.41) is 25.1. The van der Waals surface area contributed by atoms with Crippen molar-refractivity contribution in [2.24, 2.45) is 0 Å². The highest BCUT2D eigenvalue weighted by Gasteiger charge is 2.21. The molecule has 4 aromatic rings. The van der Waals surface area contributed by atoms with E-state index in [1.807, 2.05) is 0 Å². The highest BCUT2D eigenvalue weighted by atomic mass is 16.5. The maximum absolute atomic E-state index is 12.8. The third-order valence-electron chi connectivity index (χ3n) is 5.90. The van der Waals surface area contributed by atoms with Gasteiger partial charge >= 0.3 is 5.63 Å². The maximum Gasteiger partial charge on any atom is 0.340 e. The number of amides is 1. The van der Waals surface area contributed by atoms with Crippen LogP contribution in [-0.2, 0) is 22.4 Å². The van der Waals surface area contributed by atoms with Crippen LogP contribution in [0, 0.1) is 6.92 Å². The number of ether oxygens (including phenoxy) is 2. The van der Waals surface area contributed by atoms with Crippen LogP contribution in [0.5, 0.6) is 17.2 Å². The monoisotopic (exact) mass is 479 g/mol. The van der Waals surface area contributed by atoms with E-state index in [2.05, 4.69) is 10.3 Å². The Morgan fingerprint density at radius 1 is 1.20 bits per heavy atom. The van der Waals surface area contributed by atoms with Gasteiger partial charge < -0.3 is 39.2 Å². The number of aliphatic carboxylic acids is 1. The fraction of sp³-hybridized carbons (Fsp3) is 0.240. The molecule has 0 spiro atoms. The first kappa shape index (κ1) is 23.7. The van der Waals surface area contributed by atoms with E-state index in [9.17, 15) is 24.6 Å². The number of rotatable bonds is 8. The van der Waals surface area contributed by atoms with E-state index in [0.717, 1.165) is 0 Å². The summed E-state index contributed by atoms with van der Waals surface area (Å²) < 4.78 is 16.0. The van der Waals surface area contributed by atoms with Crippen LogP contribution in [0.4, 0.5) is 0 Å². The number of benzene rings is 2. The summed E-state index contributed by atoms with van der Waals surface area (Å²) in [5.74, 6) is -1.31. The molecule has 1 atom stereocenters. The van der Waals surface area contributed by atoms with Crippen molar-refractivity contribution in [3.63, 3.8) is 0 Å². The number of carboxylic acid groups (broad SMARTS) is 1. The Morgan fingerprint density at radius 3 is 2.66 bits per heavy atom. The first-order valence-corrected chi connectivity index (χ1v) is 10.7. The lowest BCUT2D eigenvalue weighted by Gasteiger charge is -2.20. The van der Waals surface area contributed by atoms with Gasteiger partial charge in [-0.3, -0.25) is 4.79 Å². The van der Waals surface area contributed by atoms with Gasteiger partial charge in [0.15, 0.2) is 0 Å². The zero-order chi connectivity index (χ0) is 25.3. The van der Waals surface area contributed by atoms with Crippen LogP contribution >= 0.6 is 0 Å². The van der Waals surface area contributed by atoms with Gasteiger partial charge in [0.1, 0.15) is 22.8 Å². The number of aromatic amines is 1. The Morgan fingerprint density at radius 2 is 1.97 bits per heavy atom. The van der Waals surface area contributed by atoms with Crippen molar-refractivity contribution in [1.82, 2.24) is 10.3 Å². The number of phenols is 1. The molecule has 0 fully saturated rings. The predicted molar refractivity (Wildman–Crippen MR) is 125 cm³/mol. The molecule has 10 heteroatoms. The Bertz CT molecular complexity index is 1500. The number of hydrogen-bond acceptors (Lipinski definition) is 8. The number of methoxy groups -OCH3 is 2. The van der Waals surface area contributed by atoms with Crippen LogP contribution in [0.25, 0.3) is 21.9 Å². The number of aromatic nitrogens is 1. The molecule has 0 aliphatic heterocycles. The van der Waals surface area contributed by atoms with Crippen LogP contribution in [0.3, 0.4) is 0 Å². The molecule has 2 aromatic heterocycles. The van der Waals surface area contributed by atoms with Crippen LogP contribution < -0.4 is 25.5 Å². The third kappa shape index (κ3) is 4.63. The van der Waals surface area contributed by atoms with Gasteiger partial charge in [-0.1, -0.05) is 0 Å². The van der Waals surface area contributed by atoms with E-state index in [1.165, 1.54) is 26.4 Å². The number of carboxylic acids is 1. The second-order valence-electron chi connectivity index (χ2n) is 8.06. The van der Waals surface area contributed by atoms with Crippen LogP contribution in [-0.4, -0.2) is 42.2 Å². The first-order valence-electron chi connectivity index (χ1n) is 10.7. The quantitative estimate of drug-likeness (QED) is 0.320. The molecule has 2 heterocycles. The highest BCUT2D eigenvalue weighted by Crippen LogP contribution is 2.33. The number of nitrogens with one attached hydrogen (secondary N) is 2. The predicted octanol–water partition coefficient (Wildman–Crippen LogP) is 1.33. The molecule has 0 aliphatic carbocycles. The summed E-state index contributed by atoms with van der Waals surface area (Å²) in [6, 6.07) is 6.47. The topological polar surface area (TPSA) is 154 Å². The standard InChI is InChI=1S/C25H24N2O8/c1-12-16(25(32)35-21-9-15(33-2)8-20(34-3)23(12)21)10-22(29)27-19(24(30)31)6-13-11-26-18-5-4-14(28)7-17(13)18/h4-5,7-9,11,19,26,28H,6,10H2,1-3H3,(H,27,29)(H,30,31)/p-1/t19-/m1/s1. The number of aromatic hydroxyl groups is 1. The Labute approximate surface area is 199 Å². The van der Waals surface area contributed by atoms with Crippen molar-refractivity contribution >= 4 is 33.7 Å². The van der Waals surface area contributed by atoms with E-state index in [0.29, 0.717) is 38.9 Å². The molecule has 2 aromatic carbocycles. The molecule has 0 bridgehead atoms. The van der Waals surface area contributed by atoms with Crippen LogP contribution in [0.1, 0.15) is 16.7 Å². The third-order valence-corrected chi connectivity index (χ3v) is 5.90. The molecule has 35 heavy (non-hydrogen) atoms. The summed E-state index contributed by atoms with van der Waals surface area (Å²) in [6.45, 7) is 1.66. The molecular weight excluding hydrogens is 456 g/mol. The number of carbonyl (C=O) groups is 2. The number of phenolic OH excluding ortho intramolecular Hbond substituents is 1. The SMILES string of the molecule is COc1cc(OC)c2c(C)c(CC(=O)N[C@H](Cc3c[nH]c4ccc(O)cc34)C(=O)[O-])c(=O)oc2c1. The minimum Gasteiger partial charge on any atom is -0.548 e. The van der Waals surface area contributed by atoms with E-state index in [1.54, 1.807) is 31.3 Å². The van der Waals surface area contributed by atoms with Gasteiger partial charge in [0.2, 0.25) is 5.91 Å². The molecule has 182 valence electrons. The Kier molecular flexibility index (Phi) is 6.37. The van der Waals surface area contributed by atoms with Gasteiger partial charge in [0, 0.05) is 35.7 Å². The number of aryl methyl sites for hydroxylation is 1. The fourth-order valence-electron chi connectivity index (χ4n) is 4.12. The maximum atomic E-state index is 12.8. The lowest BCUT2D eigenvalue weighted by molar-refractivity contribution is -0.308. The van der Waals surface area contributed by atoms with Gasteiger partial charge in [0.25, 0.3) is 0 Å². The van der Waals surface area contributed by atoms with E-state index >= 15 is 0 Å². The molecular formula is C25H23N2O8-. The van der Waals surface area contributed by atoms with Gasteiger partial charge in [-0.2, -0.15) is 0 Å². The molecule has 4 rings (SSSR count). The summed E-state index contributed by atoms with van der Waals surface area (Å²) in [4.78, 5) is 40.2. The van der Waals surface area contributed by atoms with E-state index in [-0.39, 0.29) is 23.3 Å². The van der Waals surface area contributed by atoms with Crippen molar-refractivity contribution in [3.05, 3.63) is 63.6 Å². The molecule has 10 nitrogen and oxygen atoms in total. The van der Waals surface area contributed by atoms with Crippen molar-refractivity contribution in [1.29, 1.82) is 0 Å². The molecule has 3 N–H and O–H groups in total. The van der Waals surface area contributed by atoms with Gasteiger partial charge in [0.05, 0.1) is 43.6 Å². The average molecular weight is 479 g/mol. The summed E-state index contributed by atoms with van der Waals surface area (Å²) in [5.41, 5.74) is 1.35. The number of H-pyrrole nitrogens is 1. The lowest BCUT2D eigenvalue weighted by atomic mass is 10.0. The van der Waals surface area contributed by atoms with Gasteiger partial charge in [-0.25, -0.2) is 4.79 Å². The van der Waals surface area contributed by atoms with E-state index in [4.69, 9.17) is 13.9 Å². The zero-order valence-corrected chi connectivity index (χ0v) is 19.3. The minimum atomic E-state index is -1.48. The smallest absolute Gasteiger partial charge is 0.340 e. The average Bonchev–Trinajstić information content (AvgIpc) is 3.21. The Hall–Kier alpha value is -4.47. The second kappa shape index (κ2) is 9.41. The molecule has 0 aliphatic rings. The highest BCUT2D eigenvalue weighted by molar-refractivity contribution is 5.91. The van der Waals surface area contributed by atoms with Crippen LogP contribution in [0.2, 0.25) is 0 Å². The second-order valence-corrected chi connectivity index (χ2v) is 8.06. The minimum absolute atomic E-state index is 0.0268. The molecule has 0 saturated heterocycles. The fourth-order valence-corrected chi connectivity index (χ4v) is 4.12. The van der Waals surface area contributed by atoms with Crippen molar-refractivity contribution in [3.8, 4) is 17.2 Å². The van der Waals surface area contributed by atoms with Crippen molar-refractivity contribution in [2.75, 3.05) is 14.2 Å². The Balaban J connectivity index is 1.60. The summed E-state index contributed by atoms with van der Waals surface area (Å²) >= 11 is 0. The first-order chi connectivity index (χ1) is 16.7. The molecule has 0 saturated carbocycles. The van der Waals surface area contributed by atoms with Crippen LogP contribution in [0.15, 0.2) is 45.7 Å². The largest absolute Gasteiger partial charge is 0.548 e. The number of fused-ring (bicyclic) bond motifs is 2. The normalized spacial score (nSPS) is 12.0. The van der Waals surface area contributed by atoms with Crippen molar-refractivity contribution in [2.45, 2.75) is 25.8 Å². The molecule has 1 amide bonds. The number of hydrogen-bond donors (Lipinski definition) is 3. The molecule has 0 unspecified atom stereocenters. The summed E-state index contributed by atoms with van der Waals surface area (Å²) in [6.07, 6.45) is 1.11. The zero-order valence-electron chi connectivity index (χ0n) is 19.3. The summed E-state index contributed by atoms with van der Waals surface area (Å²) in [7, 11) is 2.93.